The monoisotopic (exact) mass is 275 g/mol. The molecule has 0 saturated carbocycles. The number of nitrogens with zero attached hydrogens (tertiary/aromatic N) is 1. The molecule has 0 aliphatic carbocycles. The summed E-state index contributed by atoms with van der Waals surface area (Å²) < 4.78 is 4.74. The van der Waals surface area contributed by atoms with E-state index in [0.717, 1.165) is 24.4 Å². The second kappa shape index (κ2) is 8.15. The molecule has 0 heterocycles. The van der Waals surface area contributed by atoms with Crippen molar-refractivity contribution in [3.63, 3.8) is 0 Å². The van der Waals surface area contributed by atoms with Gasteiger partial charge in [-0.15, -0.1) is 0 Å². The minimum Gasteiger partial charge on any atom is -0.460 e. The molecule has 0 amide bonds. The third-order valence-corrected chi connectivity index (χ3v) is 2.92. The van der Waals surface area contributed by atoms with Crippen LogP contribution in [0.2, 0.25) is 0 Å². The molecule has 0 bridgehead atoms. The molecule has 4 nitrogen and oxygen atoms in total. The third-order valence-electron chi connectivity index (χ3n) is 2.92. The van der Waals surface area contributed by atoms with Crippen LogP contribution < -0.4 is 0 Å². The lowest BCUT2D eigenvalue weighted by atomic mass is 10.1. The molecule has 1 aromatic rings. The number of hydrogen-bond donors (Lipinski definition) is 0. The molecule has 1 rings (SSSR count). The van der Waals surface area contributed by atoms with Crippen LogP contribution in [-0.4, -0.2) is 36.3 Å². The summed E-state index contributed by atoms with van der Waals surface area (Å²) in [6.07, 6.45) is 1.36. The fourth-order valence-corrected chi connectivity index (χ4v) is 1.92. The number of hydrogen-bond acceptors (Lipinski definition) is 4. The van der Waals surface area contributed by atoms with Gasteiger partial charge in [-0.3, -0.25) is 4.79 Å². The van der Waals surface area contributed by atoms with Crippen LogP contribution in [0.5, 0.6) is 0 Å². The van der Waals surface area contributed by atoms with Crippen molar-refractivity contribution in [3.05, 3.63) is 42.0 Å². The Labute approximate surface area is 120 Å². The molecule has 0 fully saturated rings. The summed E-state index contributed by atoms with van der Waals surface area (Å²) in [5.41, 5.74) is 1.66. The van der Waals surface area contributed by atoms with E-state index in [0.29, 0.717) is 0 Å². The number of carbonyl (C=O) groups is 2. The van der Waals surface area contributed by atoms with Gasteiger partial charge in [-0.25, -0.2) is 4.79 Å². The number of benzene rings is 1. The third kappa shape index (κ3) is 4.23. The standard InChI is InChI=1S/C16H21NO3/c1-4-17(5-2)14(13-10-8-7-9-11-13)12-15(18)16(19)20-6-3/h7-12H,4-6H2,1-3H3/b14-12-. The zero-order chi connectivity index (χ0) is 15.0. The van der Waals surface area contributed by atoms with Gasteiger partial charge in [-0.2, -0.15) is 0 Å². The first kappa shape index (κ1) is 16.0. The minimum atomic E-state index is -0.812. The van der Waals surface area contributed by atoms with Crippen molar-refractivity contribution in [2.24, 2.45) is 0 Å². The number of esters is 1. The van der Waals surface area contributed by atoms with Gasteiger partial charge in [0.15, 0.2) is 0 Å². The Bertz CT molecular complexity index is 476. The van der Waals surface area contributed by atoms with Gasteiger partial charge in [-0.1, -0.05) is 30.3 Å². The second-order valence-electron chi connectivity index (χ2n) is 4.15. The van der Waals surface area contributed by atoms with Gasteiger partial charge in [0.05, 0.1) is 6.61 Å². The Hall–Kier alpha value is -2.10. The van der Waals surface area contributed by atoms with Crippen molar-refractivity contribution in [1.29, 1.82) is 0 Å². The first-order chi connectivity index (χ1) is 9.63. The van der Waals surface area contributed by atoms with Crippen molar-refractivity contribution in [3.8, 4) is 0 Å². The van der Waals surface area contributed by atoms with Crippen molar-refractivity contribution >= 4 is 17.4 Å². The van der Waals surface area contributed by atoms with E-state index in [9.17, 15) is 9.59 Å². The first-order valence-electron chi connectivity index (χ1n) is 6.87. The fraction of sp³-hybridized carbons (Fsp3) is 0.375. The molecule has 0 radical (unpaired) electrons. The second-order valence-corrected chi connectivity index (χ2v) is 4.15. The Morgan fingerprint density at radius 2 is 1.70 bits per heavy atom. The molecule has 0 N–H and O–H groups in total. The SMILES string of the molecule is CCOC(=O)C(=O)/C=C(/c1ccccc1)N(CC)CC. The minimum absolute atomic E-state index is 0.199. The Kier molecular flexibility index (Phi) is 6.50. The van der Waals surface area contributed by atoms with Crippen molar-refractivity contribution < 1.29 is 14.3 Å². The average molecular weight is 275 g/mol. The zero-order valence-corrected chi connectivity index (χ0v) is 12.3. The highest BCUT2D eigenvalue weighted by atomic mass is 16.5. The summed E-state index contributed by atoms with van der Waals surface area (Å²) in [6, 6.07) is 9.56. The van der Waals surface area contributed by atoms with E-state index < -0.39 is 11.8 Å². The Morgan fingerprint density at radius 1 is 1.10 bits per heavy atom. The Balaban J connectivity index is 3.11. The van der Waals surface area contributed by atoms with Gasteiger partial charge >= 0.3 is 5.97 Å². The summed E-state index contributed by atoms with van der Waals surface area (Å²) in [5, 5.41) is 0. The van der Waals surface area contributed by atoms with E-state index in [4.69, 9.17) is 4.74 Å². The van der Waals surface area contributed by atoms with E-state index in [-0.39, 0.29) is 6.61 Å². The summed E-state index contributed by atoms with van der Waals surface area (Å²) in [4.78, 5) is 25.4. The molecule has 20 heavy (non-hydrogen) atoms. The summed E-state index contributed by atoms with van der Waals surface area (Å²) in [7, 11) is 0. The smallest absolute Gasteiger partial charge is 0.379 e. The van der Waals surface area contributed by atoms with Crippen LogP contribution in [0.3, 0.4) is 0 Å². The predicted molar refractivity (Wildman–Crippen MR) is 79.0 cm³/mol. The lowest BCUT2D eigenvalue weighted by Crippen LogP contribution is -2.24. The normalized spacial score (nSPS) is 11.1. The van der Waals surface area contributed by atoms with Gasteiger partial charge in [0.25, 0.3) is 5.78 Å². The van der Waals surface area contributed by atoms with Crippen molar-refractivity contribution in [1.82, 2.24) is 4.90 Å². The zero-order valence-electron chi connectivity index (χ0n) is 12.3. The maximum absolute atomic E-state index is 11.9. The Morgan fingerprint density at radius 3 is 2.20 bits per heavy atom. The summed E-state index contributed by atoms with van der Waals surface area (Å²) >= 11 is 0. The van der Waals surface area contributed by atoms with E-state index in [2.05, 4.69) is 0 Å². The highest BCUT2D eigenvalue weighted by Crippen LogP contribution is 2.18. The molecular formula is C16H21NO3. The molecule has 0 atom stereocenters. The lowest BCUT2D eigenvalue weighted by molar-refractivity contribution is -0.151. The van der Waals surface area contributed by atoms with E-state index in [1.54, 1.807) is 6.92 Å². The largest absolute Gasteiger partial charge is 0.460 e. The van der Waals surface area contributed by atoms with Crippen LogP contribution >= 0.6 is 0 Å². The number of ether oxygens (including phenoxy) is 1. The van der Waals surface area contributed by atoms with Gasteiger partial charge in [0.1, 0.15) is 0 Å². The molecule has 0 aliphatic rings. The molecular weight excluding hydrogens is 254 g/mol. The van der Waals surface area contributed by atoms with Crippen LogP contribution in [-0.2, 0) is 14.3 Å². The molecule has 0 aromatic heterocycles. The van der Waals surface area contributed by atoms with E-state index in [1.807, 2.05) is 49.1 Å². The van der Waals surface area contributed by atoms with Crippen LogP contribution in [0.1, 0.15) is 26.3 Å². The quantitative estimate of drug-likeness (QED) is 0.436. The van der Waals surface area contributed by atoms with Gasteiger partial charge in [0.2, 0.25) is 0 Å². The van der Waals surface area contributed by atoms with Gasteiger partial charge < -0.3 is 9.64 Å². The first-order valence-corrected chi connectivity index (χ1v) is 6.87. The van der Waals surface area contributed by atoms with Crippen LogP contribution in [0.25, 0.3) is 5.70 Å². The van der Waals surface area contributed by atoms with E-state index >= 15 is 0 Å². The topological polar surface area (TPSA) is 46.6 Å². The van der Waals surface area contributed by atoms with Gasteiger partial charge in [-0.05, 0) is 26.3 Å². The molecule has 0 spiro atoms. The highest BCUT2D eigenvalue weighted by Gasteiger charge is 2.16. The fourth-order valence-electron chi connectivity index (χ4n) is 1.92. The van der Waals surface area contributed by atoms with Crippen molar-refractivity contribution in [2.45, 2.75) is 20.8 Å². The molecule has 4 heteroatoms. The van der Waals surface area contributed by atoms with Crippen LogP contribution in [0.4, 0.5) is 0 Å². The number of rotatable bonds is 7. The molecule has 108 valence electrons. The average Bonchev–Trinajstić information content (AvgIpc) is 2.48. The van der Waals surface area contributed by atoms with Gasteiger partial charge in [0, 0.05) is 24.9 Å². The van der Waals surface area contributed by atoms with E-state index in [1.165, 1.54) is 6.08 Å². The molecule has 0 unspecified atom stereocenters. The van der Waals surface area contributed by atoms with Crippen molar-refractivity contribution in [2.75, 3.05) is 19.7 Å². The maximum atomic E-state index is 11.9. The lowest BCUT2D eigenvalue weighted by Gasteiger charge is -2.24. The molecule has 1 aromatic carbocycles. The molecule has 0 aliphatic heterocycles. The van der Waals surface area contributed by atoms with Crippen LogP contribution in [0, 0.1) is 0 Å². The highest BCUT2D eigenvalue weighted by molar-refractivity contribution is 6.39. The predicted octanol–water partition coefficient (Wildman–Crippen LogP) is 2.50. The summed E-state index contributed by atoms with van der Waals surface area (Å²) in [6.45, 7) is 7.41. The summed E-state index contributed by atoms with van der Waals surface area (Å²) in [5.74, 6) is -1.44. The van der Waals surface area contributed by atoms with Crippen LogP contribution in [0.15, 0.2) is 36.4 Å². The maximum Gasteiger partial charge on any atom is 0.379 e. The number of ketones is 1. The number of carbonyl (C=O) groups excluding carboxylic acids is 2. The molecule has 0 saturated heterocycles.